The molecular formula is C18H23N3O5. The van der Waals surface area contributed by atoms with Crippen LogP contribution in [0.2, 0.25) is 0 Å². The van der Waals surface area contributed by atoms with Gasteiger partial charge in [-0.25, -0.2) is 4.79 Å². The van der Waals surface area contributed by atoms with Crippen molar-refractivity contribution in [3.05, 3.63) is 41.5 Å². The number of anilines is 1. The van der Waals surface area contributed by atoms with Gasteiger partial charge in [0.05, 0.1) is 12.7 Å². The maximum absolute atomic E-state index is 12.1. The molecule has 0 saturated carbocycles. The third-order valence-corrected chi connectivity index (χ3v) is 3.30. The fraction of sp³-hybridized carbons (Fsp3) is 0.333. The summed E-state index contributed by atoms with van der Waals surface area (Å²) in [4.78, 5) is 45.9. The lowest BCUT2D eigenvalue weighted by Crippen LogP contribution is -2.28. The number of carbonyl (C=O) groups is 4. The maximum Gasteiger partial charge on any atom is 0.337 e. The number of benzene rings is 1. The van der Waals surface area contributed by atoms with Crippen LogP contribution in [0.5, 0.6) is 0 Å². The number of methoxy groups -OCH3 is 1. The van der Waals surface area contributed by atoms with Crippen LogP contribution < -0.4 is 16.0 Å². The van der Waals surface area contributed by atoms with E-state index >= 15 is 0 Å². The average Bonchev–Trinajstić information content (AvgIpc) is 2.61. The Morgan fingerprint density at radius 1 is 1.00 bits per heavy atom. The molecule has 1 aromatic carbocycles. The molecule has 0 aliphatic rings. The minimum atomic E-state index is -0.464. The molecule has 0 fully saturated rings. The lowest BCUT2D eigenvalue weighted by molar-refractivity contribution is -0.119. The fourth-order valence-corrected chi connectivity index (χ4v) is 1.91. The minimum Gasteiger partial charge on any atom is -0.465 e. The summed E-state index contributed by atoms with van der Waals surface area (Å²) in [7, 11) is 1.29. The zero-order valence-corrected chi connectivity index (χ0v) is 15.0. The van der Waals surface area contributed by atoms with Gasteiger partial charge in [0.25, 0.3) is 5.91 Å². The summed E-state index contributed by atoms with van der Waals surface area (Å²) >= 11 is 0. The van der Waals surface area contributed by atoms with E-state index in [9.17, 15) is 19.2 Å². The van der Waals surface area contributed by atoms with Gasteiger partial charge in [0.2, 0.25) is 11.8 Å². The molecule has 0 atom stereocenters. The zero-order chi connectivity index (χ0) is 19.5. The van der Waals surface area contributed by atoms with Crippen LogP contribution in [0.15, 0.2) is 35.9 Å². The van der Waals surface area contributed by atoms with Crippen molar-refractivity contribution in [2.75, 3.05) is 25.5 Å². The molecule has 0 aliphatic heterocycles. The zero-order valence-electron chi connectivity index (χ0n) is 15.0. The highest BCUT2D eigenvalue weighted by atomic mass is 16.5. The lowest BCUT2D eigenvalue weighted by Gasteiger charge is -2.07. The molecule has 0 bridgehead atoms. The number of esters is 1. The van der Waals surface area contributed by atoms with Gasteiger partial charge in [-0.1, -0.05) is 0 Å². The number of carbonyl (C=O) groups excluding carboxylic acids is 4. The average molecular weight is 361 g/mol. The van der Waals surface area contributed by atoms with E-state index in [0.717, 1.165) is 0 Å². The number of nitrogens with one attached hydrogen (secondary N) is 3. The van der Waals surface area contributed by atoms with Crippen molar-refractivity contribution in [3.63, 3.8) is 0 Å². The lowest BCUT2D eigenvalue weighted by atomic mass is 10.2. The summed E-state index contributed by atoms with van der Waals surface area (Å²) in [6.45, 7) is 3.81. The van der Waals surface area contributed by atoms with Crippen LogP contribution in [-0.4, -0.2) is 43.9 Å². The molecule has 8 heteroatoms. The van der Waals surface area contributed by atoms with Gasteiger partial charge in [0, 0.05) is 37.3 Å². The third-order valence-electron chi connectivity index (χ3n) is 3.30. The van der Waals surface area contributed by atoms with Crippen molar-refractivity contribution in [3.8, 4) is 0 Å². The number of rotatable bonds is 8. The van der Waals surface area contributed by atoms with Gasteiger partial charge in [-0.05, 0) is 37.6 Å². The van der Waals surface area contributed by atoms with Crippen LogP contribution in [-0.2, 0) is 19.1 Å². The normalized spacial score (nSPS) is 10.7. The van der Waals surface area contributed by atoms with Crippen molar-refractivity contribution in [2.45, 2.75) is 20.3 Å². The highest BCUT2D eigenvalue weighted by Gasteiger charge is 2.09. The molecule has 8 nitrogen and oxygen atoms in total. The third kappa shape index (κ3) is 7.61. The second-order valence-corrected chi connectivity index (χ2v) is 5.48. The fourth-order valence-electron chi connectivity index (χ4n) is 1.91. The Morgan fingerprint density at radius 3 is 2.19 bits per heavy atom. The van der Waals surface area contributed by atoms with Crippen LogP contribution in [0.25, 0.3) is 0 Å². The van der Waals surface area contributed by atoms with Gasteiger partial charge in [-0.15, -0.1) is 0 Å². The Kier molecular flexibility index (Phi) is 8.56. The first-order valence-corrected chi connectivity index (χ1v) is 8.03. The molecule has 0 heterocycles. The molecule has 26 heavy (non-hydrogen) atoms. The first-order valence-electron chi connectivity index (χ1n) is 8.03. The SMILES string of the molecule is COC(=O)c1ccc(NC(=O)/C(C)=C/C(=O)NCCCNC(C)=O)cc1. The summed E-state index contributed by atoms with van der Waals surface area (Å²) in [5.74, 6) is -1.40. The van der Waals surface area contributed by atoms with E-state index in [4.69, 9.17) is 0 Å². The standard InChI is InChI=1S/C18H23N3O5/c1-12(11-16(23)20-10-4-9-19-13(2)22)17(24)21-15-7-5-14(6-8-15)18(25)26-3/h5-8,11H,4,9-10H2,1-3H3,(H,19,22)(H,20,23)(H,21,24)/b12-11+. The quantitative estimate of drug-likeness (QED) is 0.363. The second kappa shape index (κ2) is 10.7. The molecule has 1 rings (SSSR count). The Hall–Kier alpha value is -3.16. The summed E-state index contributed by atoms with van der Waals surface area (Å²) < 4.78 is 4.60. The maximum atomic E-state index is 12.1. The van der Waals surface area contributed by atoms with Crippen LogP contribution >= 0.6 is 0 Å². The molecule has 0 saturated heterocycles. The van der Waals surface area contributed by atoms with E-state index in [1.165, 1.54) is 39.2 Å². The second-order valence-electron chi connectivity index (χ2n) is 5.48. The van der Waals surface area contributed by atoms with E-state index in [-0.39, 0.29) is 17.4 Å². The molecule has 3 amide bonds. The highest BCUT2D eigenvalue weighted by molar-refractivity contribution is 6.07. The highest BCUT2D eigenvalue weighted by Crippen LogP contribution is 2.11. The smallest absolute Gasteiger partial charge is 0.337 e. The van der Waals surface area contributed by atoms with Crippen LogP contribution in [0.4, 0.5) is 5.69 Å². The number of ether oxygens (including phenoxy) is 1. The first kappa shape index (κ1) is 20.9. The number of hydrogen-bond donors (Lipinski definition) is 3. The van der Waals surface area contributed by atoms with Gasteiger partial charge in [0.1, 0.15) is 0 Å². The molecule has 0 aromatic heterocycles. The van der Waals surface area contributed by atoms with Crippen molar-refractivity contribution < 1.29 is 23.9 Å². The Morgan fingerprint density at radius 2 is 1.62 bits per heavy atom. The Bertz CT molecular complexity index is 695. The molecular weight excluding hydrogens is 338 g/mol. The summed E-state index contributed by atoms with van der Waals surface area (Å²) in [6, 6.07) is 6.20. The van der Waals surface area contributed by atoms with Gasteiger partial charge in [-0.3, -0.25) is 14.4 Å². The van der Waals surface area contributed by atoms with Crippen molar-refractivity contribution >= 4 is 29.4 Å². The predicted molar refractivity (Wildman–Crippen MR) is 96.5 cm³/mol. The first-order chi connectivity index (χ1) is 12.3. The molecule has 0 aliphatic carbocycles. The predicted octanol–water partition coefficient (Wildman–Crippen LogP) is 1.00. The molecule has 0 unspecified atom stereocenters. The number of amides is 3. The molecule has 3 N–H and O–H groups in total. The summed E-state index contributed by atoms with van der Waals surface area (Å²) in [5.41, 5.74) is 1.10. The van der Waals surface area contributed by atoms with Crippen LogP contribution in [0.3, 0.4) is 0 Å². The van der Waals surface area contributed by atoms with Gasteiger partial charge in [-0.2, -0.15) is 0 Å². The van der Waals surface area contributed by atoms with E-state index in [1.54, 1.807) is 12.1 Å². The minimum absolute atomic E-state index is 0.122. The van der Waals surface area contributed by atoms with Crippen molar-refractivity contribution in [2.24, 2.45) is 0 Å². The Balaban J connectivity index is 2.47. The summed E-state index contributed by atoms with van der Waals surface area (Å²) in [5, 5.41) is 7.89. The van der Waals surface area contributed by atoms with Crippen LogP contribution in [0, 0.1) is 0 Å². The van der Waals surface area contributed by atoms with E-state index in [1.807, 2.05) is 0 Å². The van der Waals surface area contributed by atoms with Gasteiger partial charge < -0.3 is 20.7 Å². The molecule has 1 aromatic rings. The van der Waals surface area contributed by atoms with Gasteiger partial charge in [0.15, 0.2) is 0 Å². The van der Waals surface area contributed by atoms with Crippen molar-refractivity contribution in [1.29, 1.82) is 0 Å². The van der Waals surface area contributed by atoms with Crippen LogP contribution in [0.1, 0.15) is 30.6 Å². The largest absolute Gasteiger partial charge is 0.465 e. The molecule has 0 spiro atoms. The molecule has 0 radical (unpaired) electrons. The van der Waals surface area contributed by atoms with E-state index in [0.29, 0.717) is 30.8 Å². The van der Waals surface area contributed by atoms with Crippen molar-refractivity contribution in [1.82, 2.24) is 10.6 Å². The molecule has 140 valence electrons. The van der Waals surface area contributed by atoms with E-state index < -0.39 is 11.9 Å². The van der Waals surface area contributed by atoms with Gasteiger partial charge >= 0.3 is 5.97 Å². The van der Waals surface area contributed by atoms with E-state index in [2.05, 4.69) is 20.7 Å². The number of hydrogen-bond acceptors (Lipinski definition) is 5. The topological polar surface area (TPSA) is 114 Å². The Labute approximate surface area is 152 Å². The summed E-state index contributed by atoms with van der Waals surface area (Å²) in [6.07, 6.45) is 1.80. The monoisotopic (exact) mass is 361 g/mol.